The Morgan fingerprint density at radius 1 is 1.36 bits per heavy atom. The number of likely N-dealkylation sites (tertiary alicyclic amines) is 1. The van der Waals surface area contributed by atoms with Gasteiger partial charge in [0.25, 0.3) is 0 Å². The molecule has 1 N–H and O–H groups in total. The van der Waals surface area contributed by atoms with E-state index in [4.69, 9.17) is 9.47 Å². The molecule has 0 aromatic heterocycles. The fourth-order valence-corrected chi connectivity index (χ4v) is 4.32. The average Bonchev–Trinajstić information content (AvgIpc) is 2.56. The standard InChI is InChI=1S/C17H27FN2O4S/c1-13(2)20-8-4-5-15(12-20)19-25(21,22)17-11-14(18)6-7-16(17)24-10-9-23-3/h6-7,11,13,15,19H,4-5,8-10,12H2,1-3H3/t15-/m0/s1. The van der Waals surface area contributed by atoms with Gasteiger partial charge in [-0.05, 0) is 51.4 Å². The SMILES string of the molecule is COCCOc1ccc(F)cc1S(=O)(=O)N[C@H]1CCCN(C(C)C)C1. The lowest BCUT2D eigenvalue weighted by Gasteiger charge is -2.35. The Morgan fingerprint density at radius 3 is 2.80 bits per heavy atom. The van der Waals surface area contributed by atoms with E-state index in [2.05, 4.69) is 23.5 Å². The number of rotatable bonds is 8. The van der Waals surface area contributed by atoms with Crippen molar-refractivity contribution in [3.05, 3.63) is 24.0 Å². The number of hydrogen-bond acceptors (Lipinski definition) is 5. The molecule has 1 fully saturated rings. The summed E-state index contributed by atoms with van der Waals surface area (Å²) in [7, 11) is -2.36. The summed E-state index contributed by atoms with van der Waals surface area (Å²) in [6, 6.07) is 3.67. The van der Waals surface area contributed by atoms with Gasteiger partial charge in [0, 0.05) is 25.7 Å². The highest BCUT2D eigenvalue weighted by molar-refractivity contribution is 7.89. The number of benzene rings is 1. The Bertz CT molecular complexity index is 667. The van der Waals surface area contributed by atoms with E-state index >= 15 is 0 Å². The van der Waals surface area contributed by atoms with E-state index in [9.17, 15) is 12.8 Å². The van der Waals surface area contributed by atoms with Crippen molar-refractivity contribution < 1.29 is 22.3 Å². The summed E-state index contributed by atoms with van der Waals surface area (Å²) in [5, 5.41) is 0. The van der Waals surface area contributed by atoms with Gasteiger partial charge in [-0.15, -0.1) is 0 Å². The van der Waals surface area contributed by atoms with E-state index in [0.29, 0.717) is 19.2 Å². The Kier molecular flexibility index (Phi) is 7.18. The van der Waals surface area contributed by atoms with Crippen LogP contribution in [0.2, 0.25) is 0 Å². The van der Waals surface area contributed by atoms with Crippen LogP contribution in [0.25, 0.3) is 0 Å². The lowest BCUT2D eigenvalue weighted by Crippen LogP contribution is -2.49. The minimum atomic E-state index is -3.88. The number of methoxy groups -OCH3 is 1. The Morgan fingerprint density at radius 2 is 2.12 bits per heavy atom. The van der Waals surface area contributed by atoms with Crippen LogP contribution in [0.3, 0.4) is 0 Å². The molecule has 1 aliphatic heterocycles. The monoisotopic (exact) mass is 374 g/mol. The molecule has 0 radical (unpaired) electrons. The molecule has 0 aliphatic carbocycles. The second-order valence-corrected chi connectivity index (χ2v) is 8.16. The number of nitrogens with zero attached hydrogens (tertiary/aromatic N) is 1. The van der Waals surface area contributed by atoms with Crippen molar-refractivity contribution in [2.24, 2.45) is 0 Å². The van der Waals surface area contributed by atoms with Crippen LogP contribution in [0.4, 0.5) is 4.39 Å². The average molecular weight is 374 g/mol. The Balaban J connectivity index is 2.16. The van der Waals surface area contributed by atoms with Crippen molar-refractivity contribution in [3.8, 4) is 5.75 Å². The van der Waals surface area contributed by atoms with E-state index in [0.717, 1.165) is 25.5 Å². The number of nitrogens with one attached hydrogen (secondary N) is 1. The van der Waals surface area contributed by atoms with E-state index in [1.165, 1.54) is 19.2 Å². The molecule has 25 heavy (non-hydrogen) atoms. The highest BCUT2D eigenvalue weighted by Gasteiger charge is 2.28. The molecular weight excluding hydrogens is 347 g/mol. The smallest absolute Gasteiger partial charge is 0.244 e. The molecule has 1 atom stereocenters. The molecule has 1 heterocycles. The Hall–Kier alpha value is -1.22. The summed E-state index contributed by atoms with van der Waals surface area (Å²) in [5.74, 6) is -0.491. The zero-order valence-electron chi connectivity index (χ0n) is 15.0. The van der Waals surface area contributed by atoms with Crippen LogP contribution >= 0.6 is 0 Å². The first-order chi connectivity index (χ1) is 11.8. The lowest BCUT2D eigenvalue weighted by atomic mass is 10.1. The third-order valence-electron chi connectivity index (χ3n) is 4.25. The fourth-order valence-electron chi connectivity index (χ4n) is 2.90. The fraction of sp³-hybridized carbons (Fsp3) is 0.647. The molecule has 1 aliphatic rings. The quantitative estimate of drug-likeness (QED) is 0.705. The van der Waals surface area contributed by atoms with Crippen molar-refractivity contribution in [1.29, 1.82) is 0 Å². The van der Waals surface area contributed by atoms with E-state index in [1.54, 1.807) is 0 Å². The molecule has 0 saturated carbocycles. The second kappa shape index (κ2) is 8.93. The number of halogens is 1. The number of ether oxygens (including phenoxy) is 2. The normalized spacial score (nSPS) is 19.3. The molecule has 2 rings (SSSR count). The molecule has 1 saturated heterocycles. The molecule has 6 nitrogen and oxygen atoms in total. The zero-order chi connectivity index (χ0) is 18.4. The summed E-state index contributed by atoms with van der Waals surface area (Å²) in [4.78, 5) is 2.06. The largest absolute Gasteiger partial charge is 0.490 e. The summed E-state index contributed by atoms with van der Waals surface area (Å²) >= 11 is 0. The van der Waals surface area contributed by atoms with Crippen LogP contribution in [-0.4, -0.2) is 58.8 Å². The second-order valence-electron chi connectivity index (χ2n) is 6.48. The predicted octanol–water partition coefficient (Wildman–Crippen LogP) is 2.00. The Labute approximate surface area is 149 Å². The van der Waals surface area contributed by atoms with Crippen LogP contribution < -0.4 is 9.46 Å². The molecule has 0 amide bonds. The van der Waals surface area contributed by atoms with E-state index < -0.39 is 15.8 Å². The van der Waals surface area contributed by atoms with E-state index in [-0.39, 0.29) is 23.3 Å². The van der Waals surface area contributed by atoms with Crippen molar-refractivity contribution in [2.45, 2.75) is 43.7 Å². The summed E-state index contributed by atoms with van der Waals surface area (Å²) in [6.07, 6.45) is 1.68. The van der Waals surface area contributed by atoms with Crippen LogP contribution in [0.15, 0.2) is 23.1 Å². The van der Waals surface area contributed by atoms with Crippen LogP contribution in [0.1, 0.15) is 26.7 Å². The maximum atomic E-state index is 13.6. The third-order valence-corrected chi connectivity index (χ3v) is 5.79. The highest BCUT2D eigenvalue weighted by Crippen LogP contribution is 2.26. The minimum Gasteiger partial charge on any atom is -0.490 e. The van der Waals surface area contributed by atoms with Gasteiger partial charge in [-0.3, -0.25) is 4.90 Å². The summed E-state index contributed by atoms with van der Waals surface area (Å²) in [5.41, 5.74) is 0. The number of piperidine rings is 1. The molecule has 1 aromatic rings. The first-order valence-electron chi connectivity index (χ1n) is 8.51. The molecule has 142 valence electrons. The van der Waals surface area contributed by atoms with Crippen molar-refractivity contribution in [1.82, 2.24) is 9.62 Å². The van der Waals surface area contributed by atoms with Gasteiger partial charge < -0.3 is 9.47 Å². The minimum absolute atomic E-state index is 0.127. The highest BCUT2D eigenvalue weighted by atomic mass is 32.2. The van der Waals surface area contributed by atoms with Gasteiger partial charge >= 0.3 is 0 Å². The van der Waals surface area contributed by atoms with Gasteiger partial charge in [0.2, 0.25) is 10.0 Å². The third kappa shape index (κ3) is 5.64. The zero-order valence-corrected chi connectivity index (χ0v) is 15.8. The van der Waals surface area contributed by atoms with Gasteiger partial charge in [0.15, 0.2) is 0 Å². The topological polar surface area (TPSA) is 67.9 Å². The molecule has 8 heteroatoms. The number of sulfonamides is 1. The summed E-state index contributed by atoms with van der Waals surface area (Å²) in [6.45, 7) is 6.29. The molecule has 1 aromatic carbocycles. The van der Waals surface area contributed by atoms with Gasteiger partial charge in [-0.25, -0.2) is 17.5 Å². The summed E-state index contributed by atoms with van der Waals surface area (Å²) < 4.78 is 52.2. The molecule has 0 spiro atoms. The van der Waals surface area contributed by atoms with Gasteiger partial charge in [0.1, 0.15) is 23.1 Å². The number of hydrogen-bond donors (Lipinski definition) is 1. The van der Waals surface area contributed by atoms with Gasteiger partial charge in [-0.2, -0.15) is 0 Å². The maximum Gasteiger partial charge on any atom is 0.244 e. The van der Waals surface area contributed by atoms with Gasteiger partial charge in [0.05, 0.1) is 6.61 Å². The lowest BCUT2D eigenvalue weighted by molar-refractivity contribution is 0.144. The van der Waals surface area contributed by atoms with Crippen LogP contribution in [-0.2, 0) is 14.8 Å². The molecule has 0 bridgehead atoms. The first-order valence-corrected chi connectivity index (χ1v) is 9.99. The van der Waals surface area contributed by atoms with Gasteiger partial charge in [-0.1, -0.05) is 0 Å². The van der Waals surface area contributed by atoms with Crippen LogP contribution in [0, 0.1) is 5.82 Å². The van der Waals surface area contributed by atoms with Crippen molar-refractivity contribution in [3.63, 3.8) is 0 Å². The molecule has 0 unspecified atom stereocenters. The van der Waals surface area contributed by atoms with E-state index in [1.807, 2.05) is 0 Å². The first kappa shape index (κ1) is 20.1. The van der Waals surface area contributed by atoms with Crippen molar-refractivity contribution >= 4 is 10.0 Å². The van der Waals surface area contributed by atoms with Crippen LogP contribution in [0.5, 0.6) is 5.75 Å². The molecular formula is C17H27FN2O4S. The van der Waals surface area contributed by atoms with Crippen molar-refractivity contribution in [2.75, 3.05) is 33.4 Å². The maximum absolute atomic E-state index is 13.6. The predicted molar refractivity (Wildman–Crippen MR) is 93.8 cm³/mol.